The minimum absolute atomic E-state index is 0.0821. The normalized spacial score (nSPS) is 11.4. The van der Waals surface area contributed by atoms with Gasteiger partial charge in [-0.3, -0.25) is 10.1 Å². The van der Waals surface area contributed by atoms with Crippen LogP contribution in [0.15, 0.2) is 51.2 Å². The number of nitrogens with zero attached hydrogens (tertiary/aromatic N) is 3. The van der Waals surface area contributed by atoms with Crippen LogP contribution in [0.3, 0.4) is 0 Å². The molecule has 0 aliphatic rings. The van der Waals surface area contributed by atoms with Crippen molar-refractivity contribution in [3.63, 3.8) is 0 Å². The van der Waals surface area contributed by atoms with Crippen molar-refractivity contribution in [3.8, 4) is 0 Å². The average Bonchev–Trinajstić information content (AvgIpc) is 2.87. The molecule has 7 heteroatoms. The molecule has 0 aliphatic carbocycles. The fraction of sp³-hybridized carbons (Fsp3) is 0. The third-order valence-corrected chi connectivity index (χ3v) is 2.41. The van der Waals surface area contributed by atoms with Gasteiger partial charge < -0.3 is 4.42 Å². The summed E-state index contributed by atoms with van der Waals surface area (Å²) in [6.45, 7) is 0. The van der Waals surface area contributed by atoms with Gasteiger partial charge in [0.2, 0.25) is 0 Å². The van der Waals surface area contributed by atoms with Crippen molar-refractivity contribution < 1.29 is 9.34 Å². The Labute approximate surface area is 113 Å². The quantitative estimate of drug-likeness (QED) is 0.488. The van der Waals surface area contributed by atoms with Crippen molar-refractivity contribution >= 4 is 29.7 Å². The molecule has 0 bridgehead atoms. The van der Waals surface area contributed by atoms with Crippen LogP contribution in [0.4, 0.5) is 5.69 Å². The fourth-order valence-electron chi connectivity index (χ4n) is 1.35. The summed E-state index contributed by atoms with van der Waals surface area (Å²) in [5, 5.41) is 18.6. The molecular weight excluding hydrogens is 270 g/mol. The molecule has 0 amide bonds. The molecule has 2 aromatic rings. The van der Waals surface area contributed by atoms with Gasteiger partial charge in [0, 0.05) is 11.1 Å². The summed E-state index contributed by atoms with van der Waals surface area (Å²) in [5.41, 5.74) is 0.204. The van der Waals surface area contributed by atoms with Crippen molar-refractivity contribution in [1.29, 1.82) is 0 Å². The first-order chi connectivity index (χ1) is 9.16. The molecule has 0 fully saturated rings. The second-order valence-electron chi connectivity index (χ2n) is 3.46. The maximum absolute atomic E-state index is 10.8. The summed E-state index contributed by atoms with van der Waals surface area (Å²) >= 11 is 5.78. The van der Waals surface area contributed by atoms with E-state index in [2.05, 4.69) is 10.2 Å². The third kappa shape index (κ3) is 3.49. The van der Waals surface area contributed by atoms with Crippen molar-refractivity contribution in [2.45, 2.75) is 0 Å². The zero-order valence-corrected chi connectivity index (χ0v) is 10.3. The largest absolute Gasteiger partial charge is 0.463 e. The van der Waals surface area contributed by atoms with Crippen LogP contribution in [0.1, 0.15) is 11.3 Å². The number of rotatable bonds is 4. The summed E-state index contributed by atoms with van der Waals surface area (Å²) in [5.74, 6) is 0.540. The standard InChI is InChI=1S/C12H8ClN3O3/c13-10-3-4-12(16(17)18)9(6-10)7-14-15-8-11-2-1-5-19-11/h1-8H/b14-7+,15-8-. The predicted octanol–water partition coefficient (Wildman–Crippen LogP) is 3.29. The lowest BCUT2D eigenvalue weighted by molar-refractivity contribution is -0.385. The molecule has 0 N–H and O–H groups in total. The maximum atomic E-state index is 10.8. The van der Waals surface area contributed by atoms with Gasteiger partial charge >= 0.3 is 0 Å². The van der Waals surface area contributed by atoms with E-state index in [1.165, 1.54) is 36.9 Å². The highest BCUT2D eigenvalue weighted by Crippen LogP contribution is 2.21. The molecule has 19 heavy (non-hydrogen) atoms. The SMILES string of the molecule is O=[N+]([O-])c1ccc(Cl)cc1/C=N/N=C\c1ccco1. The summed E-state index contributed by atoms with van der Waals surface area (Å²) in [6, 6.07) is 7.64. The van der Waals surface area contributed by atoms with Crippen molar-refractivity contribution in [2.75, 3.05) is 0 Å². The minimum atomic E-state index is -0.506. The molecule has 96 valence electrons. The Hall–Kier alpha value is -2.47. The first-order valence-electron chi connectivity index (χ1n) is 5.20. The number of benzene rings is 1. The summed E-state index contributed by atoms with van der Waals surface area (Å²) < 4.78 is 5.01. The van der Waals surface area contributed by atoms with E-state index in [0.29, 0.717) is 10.8 Å². The van der Waals surface area contributed by atoms with Crippen LogP contribution in [0.5, 0.6) is 0 Å². The van der Waals surface area contributed by atoms with Gasteiger partial charge in [0.25, 0.3) is 5.69 Å². The van der Waals surface area contributed by atoms with Gasteiger partial charge in [0.15, 0.2) is 0 Å². The highest BCUT2D eigenvalue weighted by Gasteiger charge is 2.11. The van der Waals surface area contributed by atoms with E-state index < -0.39 is 4.92 Å². The first-order valence-corrected chi connectivity index (χ1v) is 5.58. The van der Waals surface area contributed by atoms with Gasteiger partial charge in [-0.25, -0.2) is 0 Å². The highest BCUT2D eigenvalue weighted by molar-refractivity contribution is 6.31. The molecule has 0 saturated carbocycles. The van der Waals surface area contributed by atoms with E-state index >= 15 is 0 Å². The van der Waals surface area contributed by atoms with Crippen LogP contribution >= 0.6 is 11.6 Å². The topological polar surface area (TPSA) is 81.0 Å². The Kier molecular flexibility index (Phi) is 4.04. The third-order valence-electron chi connectivity index (χ3n) is 2.18. The number of hydrogen-bond donors (Lipinski definition) is 0. The molecule has 0 radical (unpaired) electrons. The molecule has 2 rings (SSSR count). The van der Waals surface area contributed by atoms with Crippen molar-refractivity contribution in [1.82, 2.24) is 0 Å². The van der Waals surface area contributed by atoms with Crippen LogP contribution in [0, 0.1) is 10.1 Å². The Morgan fingerprint density at radius 3 is 2.74 bits per heavy atom. The predicted molar refractivity (Wildman–Crippen MR) is 72.0 cm³/mol. The molecule has 0 spiro atoms. The lowest BCUT2D eigenvalue weighted by Gasteiger charge is -1.96. The van der Waals surface area contributed by atoms with Crippen LogP contribution in [-0.2, 0) is 0 Å². The molecule has 1 aromatic carbocycles. The molecule has 6 nitrogen and oxygen atoms in total. The van der Waals surface area contributed by atoms with Crippen molar-refractivity contribution in [2.24, 2.45) is 10.2 Å². The summed E-state index contributed by atoms with van der Waals surface area (Å²) in [7, 11) is 0. The molecular formula is C12H8ClN3O3. The van der Waals surface area contributed by atoms with Gasteiger partial charge in [0.05, 0.1) is 29.2 Å². The lowest BCUT2D eigenvalue weighted by Crippen LogP contribution is -1.94. The minimum Gasteiger partial charge on any atom is -0.463 e. The number of nitro benzene ring substituents is 1. The van der Waals surface area contributed by atoms with E-state index in [-0.39, 0.29) is 11.3 Å². The lowest BCUT2D eigenvalue weighted by atomic mass is 10.2. The summed E-state index contributed by atoms with van der Waals surface area (Å²) in [4.78, 5) is 10.3. The molecule has 1 aromatic heterocycles. The smallest absolute Gasteiger partial charge is 0.278 e. The Morgan fingerprint density at radius 1 is 1.26 bits per heavy atom. The molecule has 1 heterocycles. The van der Waals surface area contributed by atoms with E-state index in [4.69, 9.17) is 16.0 Å². The molecule has 0 aliphatic heterocycles. The Bertz CT molecular complexity index is 636. The molecule has 0 unspecified atom stereocenters. The van der Waals surface area contributed by atoms with E-state index in [9.17, 15) is 10.1 Å². The van der Waals surface area contributed by atoms with Crippen LogP contribution in [0.25, 0.3) is 0 Å². The second-order valence-corrected chi connectivity index (χ2v) is 3.90. The van der Waals surface area contributed by atoms with Crippen LogP contribution in [0.2, 0.25) is 5.02 Å². The van der Waals surface area contributed by atoms with Gasteiger partial charge in [-0.2, -0.15) is 10.2 Å². The first kappa shape index (κ1) is 13.0. The van der Waals surface area contributed by atoms with Gasteiger partial charge in [-0.05, 0) is 24.3 Å². The molecule has 0 saturated heterocycles. The Morgan fingerprint density at radius 2 is 2.05 bits per heavy atom. The highest BCUT2D eigenvalue weighted by atomic mass is 35.5. The van der Waals surface area contributed by atoms with Crippen molar-refractivity contribution in [3.05, 3.63) is 63.1 Å². The van der Waals surface area contributed by atoms with Gasteiger partial charge in [-0.1, -0.05) is 11.6 Å². The van der Waals surface area contributed by atoms with Crippen LogP contribution in [-0.4, -0.2) is 17.4 Å². The average molecular weight is 278 g/mol. The summed E-state index contributed by atoms with van der Waals surface area (Å²) in [6.07, 6.45) is 4.17. The number of halogens is 1. The van der Waals surface area contributed by atoms with Gasteiger partial charge in [0.1, 0.15) is 5.76 Å². The zero-order valence-electron chi connectivity index (χ0n) is 9.56. The van der Waals surface area contributed by atoms with E-state index in [1.807, 2.05) is 0 Å². The van der Waals surface area contributed by atoms with E-state index in [0.717, 1.165) is 0 Å². The fourth-order valence-corrected chi connectivity index (χ4v) is 1.53. The zero-order chi connectivity index (χ0) is 13.7. The van der Waals surface area contributed by atoms with E-state index in [1.54, 1.807) is 12.1 Å². The number of nitro groups is 1. The Balaban J connectivity index is 2.18. The second kappa shape index (κ2) is 5.92. The maximum Gasteiger partial charge on any atom is 0.278 e. The molecule has 0 atom stereocenters. The monoisotopic (exact) mass is 277 g/mol. The van der Waals surface area contributed by atoms with Gasteiger partial charge in [-0.15, -0.1) is 0 Å². The van der Waals surface area contributed by atoms with Crippen LogP contribution < -0.4 is 0 Å². The number of furan rings is 1. The number of hydrogen-bond acceptors (Lipinski definition) is 5.